The maximum absolute atomic E-state index is 14.0. The highest BCUT2D eigenvalue weighted by Gasteiger charge is 2.43. The second-order valence-electron chi connectivity index (χ2n) is 8.30. The number of nitrogens with two attached hydrogens (primary N) is 1. The first-order valence-electron chi connectivity index (χ1n) is 10.1. The number of aromatic nitrogens is 4. The Morgan fingerprint density at radius 1 is 1.21 bits per heavy atom. The van der Waals surface area contributed by atoms with Crippen molar-refractivity contribution in [1.29, 1.82) is 0 Å². The number of halogens is 2. The van der Waals surface area contributed by atoms with Crippen LogP contribution in [0, 0.1) is 18.3 Å². The van der Waals surface area contributed by atoms with Crippen molar-refractivity contribution in [2.24, 2.45) is 11.1 Å². The Morgan fingerprint density at radius 3 is 2.72 bits per heavy atom. The SMILES string of the molecule is Cc1nc(N2CCC3(CCC[C@H]3N)CC2)n2ccnc2c1-c1ccnc(F)c1Cl. The summed E-state index contributed by atoms with van der Waals surface area (Å²) in [6, 6.07) is 2.02. The van der Waals surface area contributed by atoms with Crippen molar-refractivity contribution in [2.75, 3.05) is 18.0 Å². The molecular weight excluding hydrogens is 391 g/mol. The van der Waals surface area contributed by atoms with Crippen molar-refractivity contribution in [3.63, 3.8) is 0 Å². The van der Waals surface area contributed by atoms with Gasteiger partial charge >= 0.3 is 0 Å². The number of anilines is 1. The molecule has 1 aliphatic heterocycles. The summed E-state index contributed by atoms with van der Waals surface area (Å²) in [6.07, 6.45) is 10.9. The van der Waals surface area contributed by atoms with Crippen LogP contribution < -0.4 is 10.6 Å². The third kappa shape index (κ3) is 2.90. The average molecular weight is 415 g/mol. The summed E-state index contributed by atoms with van der Waals surface area (Å²) in [5.41, 5.74) is 9.51. The van der Waals surface area contributed by atoms with Crippen LogP contribution in [0.4, 0.5) is 10.3 Å². The molecule has 1 atom stereocenters. The molecule has 5 rings (SSSR count). The molecule has 29 heavy (non-hydrogen) atoms. The first-order valence-corrected chi connectivity index (χ1v) is 10.5. The van der Waals surface area contributed by atoms with Gasteiger partial charge in [-0.2, -0.15) is 4.39 Å². The third-order valence-electron chi connectivity index (χ3n) is 6.84. The van der Waals surface area contributed by atoms with Crippen molar-refractivity contribution in [2.45, 2.75) is 45.1 Å². The molecule has 8 heteroatoms. The molecule has 2 fully saturated rings. The number of hydrogen-bond donors (Lipinski definition) is 1. The number of imidazole rings is 1. The molecule has 2 aliphatic rings. The Bertz CT molecular complexity index is 1070. The summed E-state index contributed by atoms with van der Waals surface area (Å²) < 4.78 is 15.9. The van der Waals surface area contributed by atoms with Crippen LogP contribution in [0.5, 0.6) is 0 Å². The number of pyridine rings is 1. The minimum atomic E-state index is -0.688. The number of piperidine rings is 1. The molecule has 0 radical (unpaired) electrons. The van der Waals surface area contributed by atoms with Crippen LogP contribution in [0.2, 0.25) is 5.02 Å². The van der Waals surface area contributed by atoms with Gasteiger partial charge in [-0.05, 0) is 44.1 Å². The summed E-state index contributed by atoms with van der Waals surface area (Å²) in [4.78, 5) is 15.4. The van der Waals surface area contributed by atoms with E-state index < -0.39 is 5.95 Å². The Hall–Kier alpha value is -2.25. The van der Waals surface area contributed by atoms with Crippen LogP contribution in [0.15, 0.2) is 24.7 Å². The largest absolute Gasteiger partial charge is 0.342 e. The van der Waals surface area contributed by atoms with E-state index in [1.807, 2.05) is 17.5 Å². The number of nitrogens with zero attached hydrogens (tertiary/aromatic N) is 5. The minimum absolute atomic E-state index is 0.00909. The molecule has 1 aliphatic carbocycles. The number of hydrogen-bond acceptors (Lipinski definition) is 5. The lowest BCUT2D eigenvalue weighted by atomic mass is 9.74. The van der Waals surface area contributed by atoms with Crippen LogP contribution in [0.25, 0.3) is 16.8 Å². The van der Waals surface area contributed by atoms with Gasteiger partial charge < -0.3 is 10.6 Å². The summed E-state index contributed by atoms with van der Waals surface area (Å²) in [5.74, 6) is 0.178. The van der Waals surface area contributed by atoms with E-state index in [-0.39, 0.29) is 5.02 Å². The Kier molecular flexibility index (Phi) is 4.47. The molecule has 6 nitrogen and oxygen atoms in total. The van der Waals surface area contributed by atoms with Crippen LogP contribution in [0.1, 0.15) is 37.8 Å². The van der Waals surface area contributed by atoms with Crippen molar-refractivity contribution in [1.82, 2.24) is 19.4 Å². The molecule has 0 unspecified atom stereocenters. The fourth-order valence-electron chi connectivity index (χ4n) is 5.16. The lowest BCUT2D eigenvalue weighted by Gasteiger charge is -2.42. The van der Waals surface area contributed by atoms with Crippen LogP contribution in [-0.2, 0) is 0 Å². The fourth-order valence-corrected chi connectivity index (χ4v) is 5.37. The highest BCUT2D eigenvalue weighted by Crippen LogP contribution is 2.46. The zero-order valence-corrected chi connectivity index (χ0v) is 17.2. The van der Waals surface area contributed by atoms with Gasteiger partial charge in [0.1, 0.15) is 10.7 Å². The topological polar surface area (TPSA) is 72.3 Å². The zero-order chi connectivity index (χ0) is 20.2. The molecule has 0 aromatic carbocycles. The summed E-state index contributed by atoms with van der Waals surface area (Å²) >= 11 is 6.21. The first kappa shape index (κ1) is 18.8. The van der Waals surface area contributed by atoms with Crippen molar-refractivity contribution in [3.8, 4) is 11.1 Å². The van der Waals surface area contributed by atoms with Gasteiger partial charge in [0, 0.05) is 48.8 Å². The van der Waals surface area contributed by atoms with Gasteiger partial charge in [-0.15, -0.1) is 0 Å². The van der Waals surface area contributed by atoms with Gasteiger partial charge in [0.15, 0.2) is 0 Å². The van der Waals surface area contributed by atoms with E-state index in [1.165, 1.54) is 19.0 Å². The highest BCUT2D eigenvalue weighted by molar-refractivity contribution is 6.33. The number of rotatable bonds is 2. The molecule has 3 aromatic rings. The van der Waals surface area contributed by atoms with Gasteiger partial charge in [0.2, 0.25) is 11.9 Å². The molecule has 1 saturated carbocycles. The second-order valence-corrected chi connectivity index (χ2v) is 8.68. The Morgan fingerprint density at radius 2 is 2.00 bits per heavy atom. The van der Waals surface area contributed by atoms with E-state index in [1.54, 1.807) is 12.3 Å². The lowest BCUT2D eigenvalue weighted by Crippen LogP contribution is -2.47. The summed E-state index contributed by atoms with van der Waals surface area (Å²) in [7, 11) is 0. The van der Waals surface area contributed by atoms with Gasteiger partial charge in [-0.1, -0.05) is 18.0 Å². The van der Waals surface area contributed by atoms with Gasteiger partial charge in [-0.25, -0.2) is 15.0 Å². The van der Waals surface area contributed by atoms with Crippen molar-refractivity contribution in [3.05, 3.63) is 41.3 Å². The van der Waals surface area contributed by atoms with E-state index in [4.69, 9.17) is 22.3 Å². The zero-order valence-electron chi connectivity index (χ0n) is 16.4. The Labute approximate surface area is 173 Å². The lowest BCUT2D eigenvalue weighted by molar-refractivity contribution is 0.197. The van der Waals surface area contributed by atoms with Crippen LogP contribution in [-0.4, -0.2) is 38.5 Å². The van der Waals surface area contributed by atoms with E-state index in [9.17, 15) is 4.39 Å². The normalized spacial score (nSPS) is 21.4. The first-order chi connectivity index (χ1) is 14.0. The molecule has 4 heterocycles. The maximum Gasteiger partial charge on any atom is 0.232 e. The summed E-state index contributed by atoms with van der Waals surface area (Å²) in [5, 5.41) is -0.00909. The maximum atomic E-state index is 14.0. The number of aryl methyl sites for hydroxylation is 1. The van der Waals surface area contributed by atoms with Crippen molar-refractivity contribution < 1.29 is 4.39 Å². The van der Waals surface area contributed by atoms with Gasteiger partial charge in [0.25, 0.3) is 0 Å². The molecule has 3 aromatic heterocycles. The van der Waals surface area contributed by atoms with Crippen LogP contribution in [0.3, 0.4) is 0 Å². The molecule has 2 N–H and O–H groups in total. The number of fused-ring (bicyclic) bond motifs is 1. The average Bonchev–Trinajstić information content (AvgIpc) is 3.33. The second kappa shape index (κ2) is 6.92. The molecule has 1 spiro atoms. The molecular formula is C21H24ClFN6. The summed E-state index contributed by atoms with van der Waals surface area (Å²) in [6.45, 7) is 3.77. The molecule has 0 bridgehead atoms. The fraction of sp³-hybridized carbons (Fsp3) is 0.476. The Balaban J connectivity index is 1.54. The quantitative estimate of drug-likeness (QED) is 0.642. The molecule has 152 valence electrons. The van der Waals surface area contributed by atoms with E-state index in [0.717, 1.165) is 55.2 Å². The predicted octanol–water partition coefficient (Wildman–Crippen LogP) is 3.99. The molecule has 1 saturated heterocycles. The van der Waals surface area contributed by atoms with E-state index in [2.05, 4.69) is 14.9 Å². The standard InChI is InChI=1S/C21H24ClFN6/c1-13-16(14-4-8-25-18(23)17(14)22)19-26-9-12-29(19)20(27-13)28-10-6-21(7-11-28)5-2-3-15(21)24/h4,8-9,12,15H,2-3,5-7,10-11,24H2,1H3/t15-/m1/s1. The highest BCUT2D eigenvalue weighted by atomic mass is 35.5. The van der Waals surface area contributed by atoms with Crippen molar-refractivity contribution >= 4 is 23.2 Å². The minimum Gasteiger partial charge on any atom is -0.342 e. The van der Waals surface area contributed by atoms with E-state index in [0.29, 0.717) is 17.0 Å². The molecule has 0 amide bonds. The monoisotopic (exact) mass is 414 g/mol. The van der Waals surface area contributed by atoms with E-state index >= 15 is 0 Å². The van der Waals surface area contributed by atoms with Gasteiger partial charge in [0.05, 0.1) is 5.69 Å². The smallest absolute Gasteiger partial charge is 0.232 e. The third-order valence-corrected chi connectivity index (χ3v) is 7.20. The van der Waals surface area contributed by atoms with Crippen LogP contribution >= 0.6 is 11.6 Å². The predicted molar refractivity (Wildman–Crippen MR) is 112 cm³/mol. The van der Waals surface area contributed by atoms with Gasteiger partial charge in [-0.3, -0.25) is 4.40 Å².